The lowest BCUT2D eigenvalue weighted by molar-refractivity contribution is -0.149. The maximum atomic E-state index is 14.2. The zero-order chi connectivity index (χ0) is 22.2. The number of aliphatic hydroxyl groups excluding tert-OH is 1. The van der Waals surface area contributed by atoms with E-state index in [1.807, 2.05) is 31.2 Å². The van der Waals surface area contributed by atoms with E-state index in [-0.39, 0.29) is 30.9 Å². The molecule has 2 aromatic carbocycles. The number of halogens is 1. The molecular formula is C25H31FO5. The number of aliphatic hydroxyl groups is 1. The van der Waals surface area contributed by atoms with Crippen LogP contribution in [-0.2, 0) is 29.0 Å². The molecule has 0 radical (unpaired) electrons. The van der Waals surface area contributed by atoms with Crippen LogP contribution in [0.1, 0.15) is 43.4 Å². The van der Waals surface area contributed by atoms with Crippen molar-refractivity contribution in [2.24, 2.45) is 11.8 Å². The van der Waals surface area contributed by atoms with E-state index in [0.717, 1.165) is 36.1 Å². The zero-order valence-electron chi connectivity index (χ0n) is 18.2. The molecule has 5 nitrogen and oxygen atoms in total. The second-order valence-electron chi connectivity index (χ2n) is 7.88. The van der Waals surface area contributed by atoms with Crippen LogP contribution < -0.4 is 9.47 Å². The molecule has 168 valence electrons. The minimum absolute atomic E-state index is 0.174. The van der Waals surface area contributed by atoms with Gasteiger partial charge in [0.15, 0.2) is 0 Å². The fourth-order valence-electron chi connectivity index (χ4n) is 3.92. The zero-order valence-corrected chi connectivity index (χ0v) is 18.2. The van der Waals surface area contributed by atoms with Crippen molar-refractivity contribution < 1.29 is 28.5 Å². The van der Waals surface area contributed by atoms with Crippen LogP contribution in [0, 0.1) is 17.7 Å². The average Bonchev–Trinajstić information content (AvgIpc) is 2.78. The molecular weight excluding hydrogens is 399 g/mol. The smallest absolute Gasteiger partial charge is 0.311 e. The number of rotatable bonds is 10. The molecule has 1 unspecified atom stereocenters. The van der Waals surface area contributed by atoms with Crippen molar-refractivity contribution in [1.82, 2.24) is 0 Å². The predicted molar refractivity (Wildman–Crippen MR) is 116 cm³/mol. The highest BCUT2D eigenvalue weighted by Crippen LogP contribution is 2.33. The van der Waals surface area contributed by atoms with Crippen LogP contribution in [0.4, 0.5) is 4.39 Å². The Labute approximate surface area is 183 Å². The van der Waals surface area contributed by atoms with Gasteiger partial charge in [-0.15, -0.1) is 0 Å². The number of aryl methyl sites for hydroxylation is 1. The standard InChI is InChI=1S/C25H31FO5/c1-3-18-6-5-7-23(26)22(18)16-30-21-11-10-19-12-17(15-31-24(19)13-21)8-9-20(14-27)25(28)29-4-2/h5-7,10-11,13,17,20,27H,3-4,8-9,12,14-16H2,1-2H3/t17-,20?/m0/s1. The summed E-state index contributed by atoms with van der Waals surface area (Å²) >= 11 is 0. The number of ether oxygens (including phenoxy) is 3. The Morgan fingerprint density at radius 1 is 1.29 bits per heavy atom. The highest BCUT2D eigenvalue weighted by Gasteiger charge is 2.24. The Hall–Kier alpha value is -2.60. The third kappa shape index (κ3) is 5.97. The van der Waals surface area contributed by atoms with Gasteiger partial charge >= 0.3 is 5.97 Å². The minimum atomic E-state index is -0.483. The van der Waals surface area contributed by atoms with Gasteiger partial charge in [-0.1, -0.05) is 25.1 Å². The van der Waals surface area contributed by atoms with Gasteiger partial charge in [-0.05, 0) is 61.8 Å². The molecule has 0 aromatic heterocycles. The Morgan fingerprint density at radius 2 is 2.13 bits per heavy atom. The summed E-state index contributed by atoms with van der Waals surface area (Å²) in [6.45, 7) is 4.59. The number of fused-ring (bicyclic) bond motifs is 1. The van der Waals surface area contributed by atoms with Gasteiger partial charge in [0, 0.05) is 11.6 Å². The summed E-state index contributed by atoms with van der Waals surface area (Å²) in [5, 5.41) is 9.45. The lowest BCUT2D eigenvalue weighted by Gasteiger charge is -2.26. The second-order valence-corrected chi connectivity index (χ2v) is 7.88. The Morgan fingerprint density at radius 3 is 2.87 bits per heavy atom. The molecule has 0 saturated carbocycles. The molecule has 2 aromatic rings. The molecule has 1 N–H and O–H groups in total. The number of benzene rings is 2. The first-order valence-corrected chi connectivity index (χ1v) is 11.0. The summed E-state index contributed by atoms with van der Waals surface area (Å²) in [6.07, 6.45) is 2.93. The number of hydrogen-bond donors (Lipinski definition) is 1. The van der Waals surface area contributed by atoms with E-state index in [0.29, 0.717) is 30.9 Å². The number of esters is 1. The Bertz CT molecular complexity index is 882. The maximum absolute atomic E-state index is 14.2. The van der Waals surface area contributed by atoms with Gasteiger partial charge in [0.05, 0.1) is 25.7 Å². The molecule has 1 heterocycles. The average molecular weight is 431 g/mol. The van der Waals surface area contributed by atoms with E-state index in [1.165, 1.54) is 6.07 Å². The summed E-state index contributed by atoms with van der Waals surface area (Å²) < 4.78 is 31.0. The van der Waals surface area contributed by atoms with Gasteiger partial charge in [-0.3, -0.25) is 4.79 Å². The van der Waals surface area contributed by atoms with Crippen LogP contribution in [0.2, 0.25) is 0 Å². The molecule has 2 atom stereocenters. The maximum Gasteiger partial charge on any atom is 0.311 e. The van der Waals surface area contributed by atoms with Gasteiger partial charge in [0.1, 0.15) is 23.9 Å². The lowest BCUT2D eigenvalue weighted by Crippen LogP contribution is -2.25. The van der Waals surface area contributed by atoms with Crippen molar-refractivity contribution in [1.29, 1.82) is 0 Å². The monoisotopic (exact) mass is 430 g/mol. The number of carbonyl (C=O) groups excluding carboxylic acids is 1. The van der Waals surface area contributed by atoms with E-state index in [1.54, 1.807) is 13.0 Å². The van der Waals surface area contributed by atoms with Gasteiger partial charge in [-0.2, -0.15) is 0 Å². The van der Waals surface area contributed by atoms with Crippen molar-refractivity contribution in [3.63, 3.8) is 0 Å². The van der Waals surface area contributed by atoms with Crippen LogP contribution in [-0.4, -0.2) is 30.9 Å². The van der Waals surface area contributed by atoms with E-state index < -0.39 is 5.92 Å². The lowest BCUT2D eigenvalue weighted by atomic mass is 9.89. The molecule has 1 aliphatic heterocycles. The van der Waals surface area contributed by atoms with Crippen molar-refractivity contribution in [3.05, 3.63) is 58.9 Å². The fourth-order valence-corrected chi connectivity index (χ4v) is 3.92. The van der Waals surface area contributed by atoms with Crippen LogP contribution >= 0.6 is 0 Å². The molecule has 0 saturated heterocycles. The first kappa shape index (κ1) is 23.1. The van der Waals surface area contributed by atoms with Gasteiger partial charge in [-0.25, -0.2) is 4.39 Å². The number of hydrogen-bond acceptors (Lipinski definition) is 5. The third-order valence-electron chi connectivity index (χ3n) is 5.77. The fraction of sp³-hybridized carbons (Fsp3) is 0.480. The Balaban J connectivity index is 1.57. The van der Waals surface area contributed by atoms with E-state index in [2.05, 4.69) is 0 Å². The van der Waals surface area contributed by atoms with Gasteiger partial charge in [0.2, 0.25) is 0 Å². The summed E-state index contributed by atoms with van der Waals surface area (Å²) in [7, 11) is 0. The van der Waals surface area contributed by atoms with Crippen molar-refractivity contribution >= 4 is 5.97 Å². The van der Waals surface area contributed by atoms with Crippen LogP contribution in [0.15, 0.2) is 36.4 Å². The molecule has 31 heavy (non-hydrogen) atoms. The van der Waals surface area contributed by atoms with Gasteiger partial charge < -0.3 is 19.3 Å². The highest BCUT2D eigenvalue weighted by molar-refractivity contribution is 5.72. The summed E-state index contributed by atoms with van der Waals surface area (Å²) in [5.74, 6) is 0.620. The third-order valence-corrected chi connectivity index (χ3v) is 5.77. The molecule has 0 aliphatic carbocycles. The van der Waals surface area contributed by atoms with Crippen LogP contribution in [0.3, 0.4) is 0 Å². The van der Waals surface area contributed by atoms with Crippen LogP contribution in [0.5, 0.6) is 11.5 Å². The molecule has 0 spiro atoms. The predicted octanol–water partition coefficient (Wildman–Crippen LogP) is 4.47. The topological polar surface area (TPSA) is 65.0 Å². The summed E-state index contributed by atoms with van der Waals surface area (Å²) in [5.41, 5.74) is 2.62. The first-order valence-electron chi connectivity index (χ1n) is 11.0. The normalized spacial score (nSPS) is 16.2. The molecule has 0 bridgehead atoms. The van der Waals surface area contributed by atoms with Crippen LogP contribution in [0.25, 0.3) is 0 Å². The summed E-state index contributed by atoms with van der Waals surface area (Å²) in [6, 6.07) is 10.8. The minimum Gasteiger partial charge on any atom is -0.493 e. The molecule has 6 heteroatoms. The van der Waals surface area contributed by atoms with E-state index in [9.17, 15) is 14.3 Å². The number of carbonyl (C=O) groups is 1. The quantitative estimate of drug-likeness (QED) is 0.564. The van der Waals surface area contributed by atoms with E-state index in [4.69, 9.17) is 14.2 Å². The molecule has 0 amide bonds. The first-order chi connectivity index (χ1) is 15.0. The Kier molecular flexibility index (Phi) is 8.29. The van der Waals surface area contributed by atoms with Gasteiger partial charge in [0.25, 0.3) is 0 Å². The summed E-state index contributed by atoms with van der Waals surface area (Å²) in [4.78, 5) is 11.9. The molecule has 1 aliphatic rings. The SMILES string of the molecule is CCOC(=O)C(CO)CC[C@@H]1COc2cc(OCc3c(F)cccc3CC)ccc2C1. The molecule has 0 fully saturated rings. The van der Waals surface area contributed by atoms with Crippen molar-refractivity contribution in [3.8, 4) is 11.5 Å². The molecule has 3 rings (SSSR count). The van der Waals surface area contributed by atoms with E-state index >= 15 is 0 Å². The van der Waals surface area contributed by atoms with Crippen molar-refractivity contribution in [2.45, 2.75) is 46.1 Å². The largest absolute Gasteiger partial charge is 0.493 e. The van der Waals surface area contributed by atoms with Crippen molar-refractivity contribution in [2.75, 3.05) is 19.8 Å². The highest BCUT2D eigenvalue weighted by atomic mass is 19.1. The second kappa shape index (κ2) is 11.1.